The summed E-state index contributed by atoms with van der Waals surface area (Å²) in [5.74, 6) is 0.286. The van der Waals surface area contributed by atoms with Crippen molar-refractivity contribution in [2.75, 3.05) is 19.8 Å². The summed E-state index contributed by atoms with van der Waals surface area (Å²) >= 11 is 12.0. The molecule has 1 fully saturated rings. The van der Waals surface area contributed by atoms with Gasteiger partial charge in [0.15, 0.2) is 0 Å². The lowest BCUT2D eigenvalue weighted by atomic mass is 10.0. The van der Waals surface area contributed by atoms with Crippen LogP contribution in [0.4, 0.5) is 0 Å². The zero-order chi connectivity index (χ0) is 15.5. The maximum atomic E-state index is 12.4. The first-order valence-corrected chi connectivity index (χ1v) is 8.93. The van der Waals surface area contributed by atoms with E-state index < -0.39 is 10.0 Å². The third-order valence-corrected chi connectivity index (χ3v) is 5.75. The standard InChI is InChI=1S/C13H18Cl2N2O3S/c14-11-6-12(15)13(5-10(11)7-16)21(18,19)17-8-9-1-3-20-4-2-9/h5-6,9,17H,1-4,7-8,16H2. The van der Waals surface area contributed by atoms with Gasteiger partial charge in [-0.05, 0) is 36.5 Å². The van der Waals surface area contributed by atoms with E-state index in [9.17, 15) is 8.42 Å². The third-order valence-electron chi connectivity index (χ3n) is 3.51. The van der Waals surface area contributed by atoms with E-state index in [0.29, 0.717) is 30.3 Å². The highest BCUT2D eigenvalue weighted by atomic mass is 35.5. The molecule has 0 saturated carbocycles. The van der Waals surface area contributed by atoms with Gasteiger partial charge < -0.3 is 10.5 Å². The Morgan fingerprint density at radius 2 is 1.90 bits per heavy atom. The molecule has 0 aromatic heterocycles. The van der Waals surface area contributed by atoms with Gasteiger partial charge in [-0.15, -0.1) is 0 Å². The molecule has 0 bridgehead atoms. The maximum Gasteiger partial charge on any atom is 0.242 e. The predicted molar refractivity (Wildman–Crippen MR) is 83.1 cm³/mol. The minimum atomic E-state index is -3.68. The Morgan fingerprint density at radius 1 is 1.24 bits per heavy atom. The van der Waals surface area contributed by atoms with Gasteiger partial charge >= 0.3 is 0 Å². The Morgan fingerprint density at radius 3 is 2.52 bits per heavy atom. The molecule has 1 aliphatic heterocycles. The first-order chi connectivity index (χ1) is 9.94. The van der Waals surface area contributed by atoms with Crippen molar-refractivity contribution in [2.24, 2.45) is 11.7 Å². The Labute approximate surface area is 134 Å². The van der Waals surface area contributed by atoms with Crippen LogP contribution in [0.3, 0.4) is 0 Å². The number of rotatable bonds is 5. The summed E-state index contributed by atoms with van der Waals surface area (Å²) < 4.78 is 32.6. The largest absolute Gasteiger partial charge is 0.381 e. The van der Waals surface area contributed by atoms with Crippen LogP contribution < -0.4 is 10.5 Å². The van der Waals surface area contributed by atoms with Crippen LogP contribution in [0.25, 0.3) is 0 Å². The molecular formula is C13H18Cl2N2O3S. The summed E-state index contributed by atoms with van der Waals surface area (Å²) in [6.07, 6.45) is 1.70. The van der Waals surface area contributed by atoms with Crippen LogP contribution in [0.2, 0.25) is 10.0 Å². The summed E-state index contributed by atoms with van der Waals surface area (Å²) in [6, 6.07) is 2.84. The molecule has 5 nitrogen and oxygen atoms in total. The number of hydrogen-bond acceptors (Lipinski definition) is 4. The van der Waals surface area contributed by atoms with Crippen molar-refractivity contribution in [3.8, 4) is 0 Å². The molecule has 3 N–H and O–H groups in total. The van der Waals surface area contributed by atoms with Crippen LogP contribution in [0.5, 0.6) is 0 Å². The normalized spacial score (nSPS) is 17.1. The number of hydrogen-bond donors (Lipinski definition) is 2. The summed E-state index contributed by atoms with van der Waals surface area (Å²) in [5, 5.41) is 0.461. The Bertz CT molecular complexity index is 602. The number of ether oxygens (including phenoxy) is 1. The van der Waals surface area contributed by atoms with Crippen LogP contribution in [0, 0.1) is 5.92 Å². The molecule has 0 unspecified atom stereocenters. The second-order valence-electron chi connectivity index (χ2n) is 4.99. The zero-order valence-electron chi connectivity index (χ0n) is 11.4. The number of nitrogens with one attached hydrogen (secondary N) is 1. The summed E-state index contributed by atoms with van der Waals surface area (Å²) in [7, 11) is -3.68. The molecule has 118 valence electrons. The van der Waals surface area contributed by atoms with Gasteiger partial charge in [0.25, 0.3) is 0 Å². The number of benzene rings is 1. The molecule has 21 heavy (non-hydrogen) atoms. The molecule has 0 amide bonds. The minimum Gasteiger partial charge on any atom is -0.381 e. The predicted octanol–water partition coefficient (Wildman–Crippen LogP) is 2.16. The van der Waals surface area contributed by atoms with Crippen LogP contribution in [0.1, 0.15) is 18.4 Å². The van der Waals surface area contributed by atoms with Crippen molar-refractivity contribution >= 4 is 33.2 Å². The Balaban J connectivity index is 2.15. The van der Waals surface area contributed by atoms with E-state index in [1.807, 2.05) is 0 Å². The van der Waals surface area contributed by atoms with Crippen LogP contribution >= 0.6 is 23.2 Å². The topological polar surface area (TPSA) is 81.4 Å². The SMILES string of the molecule is NCc1cc(S(=O)(=O)NCC2CCOCC2)c(Cl)cc1Cl. The monoisotopic (exact) mass is 352 g/mol. The fraction of sp³-hybridized carbons (Fsp3) is 0.538. The van der Waals surface area contributed by atoms with Crippen molar-refractivity contribution in [3.05, 3.63) is 27.7 Å². The molecule has 1 saturated heterocycles. The van der Waals surface area contributed by atoms with E-state index >= 15 is 0 Å². The van der Waals surface area contributed by atoms with Gasteiger partial charge in [0.2, 0.25) is 10.0 Å². The second kappa shape index (κ2) is 7.26. The Kier molecular flexibility index (Phi) is 5.88. The lowest BCUT2D eigenvalue weighted by Crippen LogP contribution is -2.32. The van der Waals surface area contributed by atoms with Gasteiger partial charge in [0, 0.05) is 31.3 Å². The minimum absolute atomic E-state index is 0.0149. The summed E-state index contributed by atoms with van der Waals surface area (Å²) in [4.78, 5) is 0.0149. The highest BCUT2D eigenvalue weighted by Gasteiger charge is 2.22. The molecule has 0 aliphatic carbocycles. The molecule has 0 spiro atoms. The maximum absolute atomic E-state index is 12.4. The van der Waals surface area contributed by atoms with Gasteiger partial charge in [-0.1, -0.05) is 23.2 Å². The first kappa shape index (κ1) is 17.0. The van der Waals surface area contributed by atoms with Crippen molar-refractivity contribution in [1.82, 2.24) is 4.72 Å². The summed E-state index contributed by atoms with van der Waals surface area (Å²) in [5.41, 5.74) is 6.10. The van der Waals surface area contributed by atoms with Crippen molar-refractivity contribution in [2.45, 2.75) is 24.3 Å². The second-order valence-corrected chi connectivity index (χ2v) is 7.54. The van der Waals surface area contributed by atoms with E-state index in [0.717, 1.165) is 12.8 Å². The molecule has 1 aromatic rings. The lowest BCUT2D eigenvalue weighted by Gasteiger charge is -2.22. The summed E-state index contributed by atoms with van der Waals surface area (Å²) in [6.45, 7) is 1.87. The fourth-order valence-electron chi connectivity index (χ4n) is 2.19. The molecule has 0 radical (unpaired) electrons. The van der Waals surface area contributed by atoms with Crippen molar-refractivity contribution in [3.63, 3.8) is 0 Å². The van der Waals surface area contributed by atoms with Crippen LogP contribution in [0.15, 0.2) is 17.0 Å². The van der Waals surface area contributed by atoms with Gasteiger partial charge in [0.05, 0.1) is 5.02 Å². The molecule has 1 aromatic carbocycles. The molecule has 8 heteroatoms. The first-order valence-electron chi connectivity index (χ1n) is 6.69. The molecular weight excluding hydrogens is 335 g/mol. The third kappa shape index (κ3) is 4.31. The molecule has 0 atom stereocenters. The average Bonchev–Trinajstić information content (AvgIpc) is 2.46. The number of nitrogens with two attached hydrogens (primary N) is 1. The van der Waals surface area contributed by atoms with Gasteiger partial charge in [0.1, 0.15) is 4.90 Å². The van der Waals surface area contributed by atoms with E-state index in [1.54, 1.807) is 0 Å². The number of halogens is 2. The molecule has 2 rings (SSSR count). The van der Waals surface area contributed by atoms with Gasteiger partial charge in [-0.25, -0.2) is 13.1 Å². The average molecular weight is 353 g/mol. The highest BCUT2D eigenvalue weighted by Crippen LogP contribution is 2.28. The molecule has 1 heterocycles. The quantitative estimate of drug-likeness (QED) is 0.850. The fourth-order valence-corrected chi connectivity index (χ4v) is 4.18. The van der Waals surface area contributed by atoms with E-state index in [1.165, 1.54) is 12.1 Å². The van der Waals surface area contributed by atoms with Crippen molar-refractivity contribution in [1.29, 1.82) is 0 Å². The molecule has 1 aliphatic rings. The zero-order valence-corrected chi connectivity index (χ0v) is 13.8. The van der Waals surface area contributed by atoms with E-state index in [-0.39, 0.29) is 22.4 Å². The van der Waals surface area contributed by atoms with Crippen LogP contribution in [-0.4, -0.2) is 28.2 Å². The van der Waals surface area contributed by atoms with E-state index in [4.69, 9.17) is 33.7 Å². The Hall–Kier alpha value is -0.370. The van der Waals surface area contributed by atoms with Gasteiger partial charge in [-0.2, -0.15) is 0 Å². The lowest BCUT2D eigenvalue weighted by molar-refractivity contribution is 0.0678. The number of sulfonamides is 1. The smallest absolute Gasteiger partial charge is 0.242 e. The van der Waals surface area contributed by atoms with Crippen molar-refractivity contribution < 1.29 is 13.2 Å². The highest BCUT2D eigenvalue weighted by molar-refractivity contribution is 7.89. The van der Waals surface area contributed by atoms with Crippen LogP contribution in [-0.2, 0) is 21.3 Å². The van der Waals surface area contributed by atoms with Gasteiger partial charge in [-0.3, -0.25) is 0 Å². The van der Waals surface area contributed by atoms with E-state index in [2.05, 4.69) is 4.72 Å².